The second-order valence-electron chi connectivity index (χ2n) is 2.49. The number of nitrogens with zero attached hydrogens (tertiary/aromatic N) is 2. The van der Waals surface area contributed by atoms with Gasteiger partial charge in [0, 0.05) is 0 Å². The van der Waals surface area contributed by atoms with E-state index in [1.54, 1.807) is 0 Å². The summed E-state index contributed by atoms with van der Waals surface area (Å²) in [6.07, 6.45) is -15.2. The normalized spacial score (nSPS) is 15.7. The van der Waals surface area contributed by atoms with E-state index in [1.807, 2.05) is 0 Å². The van der Waals surface area contributed by atoms with Crippen LogP contribution in [0.5, 0.6) is 0 Å². The third-order valence-electron chi connectivity index (χ3n) is 1.16. The van der Waals surface area contributed by atoms with Crippen LogP contribution in [0.3, 0.4) is 0 Å². The first kappa shape index (κ1) is 22.3. The van der Waals surface area contributed by atoms with Crippen LogP contribution in [0.4, 0.5) is 0 Å². The SMILES string of the molecule is Cl[Si](Cl)(Cl)N(N([Si](Cl)(Cl)Cl)[Si](Cl)(Cl)Cl)[Si](Cl)(Cl)Cl. The summed E-state index contributed by atoms with van der Waals surface area (Å²) in [6, 6.07) is 0. The Labute approximate surface area is 164 Å². The molecule has 0 N–H and O–H groups in total. The zero-order chi connectivity index (χ0) is 15.2. The van der Waals surface area contributed by atoms with Crippen LogP contribution in [0.2, 0.25) is 0 Å². The summed E-state index contributed by atoms with van der Waals surface area (Å²) >= 11 is 69.8. The maximum Gasteiger partial charge on any atom is 0.433 e. The van der Waals surface area contributed by atoms with Gasteiger partial charge in [0.2, 0.25) is 0 Å². The van der Waals surface area contributed by atoms with Crippen molar-refractivity contribution in [3.05, 3.63) is 0 Å². The molecular weight excluding hydrogens is 566 g/mol. The van der Waals surface area contributed by atoms with E-state index in [1.165, 1.54) is 0 Å². The van der Waals surface area contributed by atoms with Gasteiger partial charge >= 0.3 is 24.7 Å². The first-order chi connectivity index (χ1) is 7.49. The molecule has 0 rings (SSSR count). The quantitative estimate of drug-likeness (QED) is 0.225. The van der Waals surface area contributed by atoms with E-state index in [-0.39, 0.29) is 0 Å². The van der Waals surface area contributed by atoms with Gasteiger partial charge in [0.25, 0.3) is 0 Å². The van der Waals surface area contributed by atoms with Gasteiger partial charge in [0.05, 0.1) is 0 Å². The number of halogens is 12. The minimum atomic E-state index is -3.80. The van der Waals surface area contributed by atoms with Crippen molar-refractivity contribution in [2.75, 3.05) is 0 Å². The van der Waals surface area contributed by atoms with E-state index in [2.05, 4.69) is 0 Å². The highest BCUT2D eigenvalue weighted by molar-refractivity contribution is 7.76. The van der Waals surface area contributed by atoms with Gasteiger partial charge in [-0.15, -0.1) is 133 Å². The number of hydrazine groups is 1. The van der Waals surface area contributed by atoms with E-state index in [4.69, 9.17) is 133 Å². The Morgan fingerprint density at radius 3 is 0.500 bits per heavy atom. The van der Waals surface area contributed by atoms with Crippen LogP contribution < -0.4 is 0 Å². The van der Waals surface area contributed by atoms with Gasteiger partial charge in [-0.3, -0.25) is 0 Å². The predicted octanol–water partition coefficient (Wildman–Crippen LogP) is 6.11. The second-order valence-corrected chi connectivity index (χ2v) is 35.5. The third-order valence-corrected chi connectivity index (χ3v) is 19.6. The summed E-state index contributed by atoms with van der Waals surface area (Å²) in [5, 5.41) is 0. The summed E-state index contributed by atoms with van der Waals surface area (Å²) in [7, 11) is 0. The lowest BCUT2D eigenvalue weighted by molar-refractivity contribution is 0.421. The van der Waals surface area contributed by atoms with E-state index in [0.717, 1.165) is 8.68 Å². The van der Waals surface area contributed by atoms with E-state index >= 15 is 0 Å². The maximum absolute atomic E-state index is 5.82. The first-order valence-corrected chi connectivity index (χ1v) is 23.3. The molecule has 0 atom stereocenters. The molecule has 2 nitrogen and oxygen atoms in total. The lowest BCUT2D eigenvalue weighted by Crippen LogP contribution is -2.70. The molecule has 0 saturated carbocycles. The molecule has 0 spiro atoms. The number of rotatable bonds is 5. The van der Waals surface area contributed by atoms with E-state index < -0.39 is 24.7 Å². The molecule has 0 aliphatic rings. The highest BCUT2D eigenvalue weighted by Crippen LogP contribution is 2.46. The Kier molecular flexibility index (Phi) is 9.20. The fourth-order valence-electron chi connectivity index (χ4n) is 0.741. The van der Waals surface area contributed by atoms with Crippen LogP contribution in [0.15, 0.2) is 0 Å². The molecule has 0 aromatic rings. The Bertz CT molecular complexity index is 220. The van der Waals surface area contributed by atoms with Crippen LogP contribution in [-0.2, 0) is 0 Å². The van der Waals surface area contributed by atoms with Crippen molar-refractivity contribution >= 4 is 158 Å². The fraction of sp³-hybridized carbons (Fsp3) is 0. The molecular formula is Cl12N2Si4. The van der Waals surface area contributed by atoms with Gasteiger partial charge in [-0.2, -0.15) is 0 Å². The van der Waals surface area contributed by atoms with Crippen LogP contribution in [0.25, 0.3) is 0 Å². The maximum atomic E-state index is 5.82. The minimum absolute atomic E-state index is 0.744. The summed E-state index contributed by atoms with van der Waals surface area (Å²) in [5.74, 6) is 0. The van der Waals surface area contributed by atoms with Crippen molar-refractivity contribution in [3.63, 3.8) is 0 Å². The largest absolute Gasteiger partial charge is 0.433 e. The summed E-state index contributed by atoms with van der Waals surface area (Å²) in [6.45, 7) is 0. The van der Waals surface area contributed by atoms with Crippen molar-refractivity contribution < 1.29 is 0 Å². The van der Waals surface area contributed by atoms with Gasteiger partial charge in [-0.25, -0.2) is 8.68 Å². The summed E-state index contributed by atoms with van der Waals surface area (Å²) in [4.78, 5) is 0. The van der Waals surface area contributed by atoms with Gasteiger partial charge in [-0.1, -0.05) is 0 Å². The van der Waals surface area contributed by atoms with Crippen LogP contribution in [-0.4, -0.2) is 33.3 Å². The fourth-order valence-corrected chi connectivity index (χ4v) is 35.5. The Morgan fingerprint density at radius 1 is 0.333 bits per heavy atom. The van der Waals surface area contributed by atoms with Crippen molar-refractivity contribution in [1.82, 2.24) is 8.68 Å². The van der Waals surface area contributed by atoms with Crippen molar-refractivity contribution in [1.29, 1.82) is 0 Å². The highest BCUT2D eigenvalue weighted by atomic mass is 35.9. The lowest BCUT2D eigenvalue weighted by Gasteiger charge is -2.45. The molecule has 0 bridgehead atoms. The monoisotopic (exact) mass is 560 g/mol. The van der Waals surface area contributed by atoms with Gasteiger partial charge in [0.1, 0.15) is 0 Å². The second kappa shape index (κ2) is 7.44. The zero-order valence-electron chi connectivity index (χ0n) is 7.43. The van der Waals surface area contributed by atoms with E-state index in [0.29, 0.717) is 0 Å². The molecule has 110 valence electrons. The molecule has 0 aliphatic carbocycles. The van der Waals surface area contributed by atoms with Gasteiger partial charge in [-0.05, 0) is 0 Å². The Hall–Kier alpha value is 4.27. The summed E-state index contributed by atoms with van der Waals surface area (Å²) in [5.41, 5.74) is 0. The first-order valence-electron chi connectivity index (χ1n) is 3.36. The van der Waals surface area contributed by atoms with Gasteiger partial charge in [0.15, 0.2) is 0 Å². The molecule has 0 aliphatic heterocycles. The molecule has 0 radical (unpaired) electrons. The average Bonchev–Trinajstić information content (AvgIpc) is 1.89. The van der Waals surface area contributed by atoms with Crippen LogP contribution in [0.1, 0.15) is 0 Å². The smallest absolute Gasteiger partial charge is 0.213 e. The van der Waals surface area contributed by atoms with E-state index in [9.17, 15) is 0 Å². The predicted molar refractivity (Wildman–Crippen MR) is 96.9 cm³/mol. The Balaban J connectivity index is 5.84. The molecule has 0 aromatic heterocycles. The van der Waals surface area contributed by atoms with Crippen LogP contribution in [0, 0.1) is 0 Å². The Morgan fingerprint density at radius 2 is 0.444 bits per heavy atom. The number of hydrogen-bond acceptors (Lipinski definition) is 2. The van der Waals surface area contributed by atoms with Crippen molar-refractivity contribution in [3.8, 4) is 0 Å². The average molecular weight is 566 g/mol. The molecule has 0 amide bonds. The highest BCUT2D eigenvalue weighted by Gasteiger charge is 2.63. The van der Waals surface area contributed by atoms with Gasteiger partial charge < -0.3 is 0 Å². The molecule has 0 saturated heterocycles. The molecule has 0 unspecified atom stereocenters. The molecule has 18 heteroatoms. The van der Waals surface area contributed by atoms with Crippen LogP contribution >= 0.6 is 133 Å². The minimum Gasteiger partial charge on any atom is -0.213 e. The molecule has 0 heterocycles. The molecule has 0 aromatic carbocycles. The lowest BCUT2D eigenvalue weighted by atomic mass is 12.9. The molecule has 18 heavy (non-hydrogen) atoms. The zero-order valence-corrected chi connectivity index (χ0v) is 20.5. The molecule has 0 fully saturated rings. The van der Waals surface area contributed by atoms with Crippen molar-refractivity contribution in [2.45, 2.75) is 0 Å². The summed E-state index contributed by atoms with van der Waals surface area (Å²) < 4.78 is 1.49. The number of hydrogen-bond donors (Lipinski definition) is 0. The third kappa shape index (κ3) is 7.23. The van der Waals surface area contributed by atoms with Crippen molar-refractivity contribution in [2.24, 2.45) is 0 Å². The topological polar surface area (TPSA) is 6.48 Å². The standard InChI is InChI=1S/Cl12N2Si4/c1-15(2,3)13(16(4,5)6)14(17(7,8)9)18(10,11)12.